The fraction of sp³-hybridized carbons (Fsp3) is 0.273. The summed E-state index contributed by atoms with van der Waals surface area (Å²) in [5.41, 5.74) is -2.23. The zero-order valence-corrected chi connectivity index (χ0v) is 10.8. The molecule has 0 aromatic heterocycles. The minimum atomic E-state index is -1.15. The molecular formula is C11H8N2O9. The smallest absolute Gasteiger partial charge is 0.361 e. The molecule has 0 aliphatic carbocycles. The maximum absolute atomic E-state index is 11.6. The average Bonchev–Trinajstić information content (AvgIpc) is 2.36. The second-order valence-corrected chi connectivity index (χ2v) is 4.24. The van der Waals surface area contributed by atoms with Crippen LogP contribution in [0.5, 0.6) is 17.2 Å². The van der Waals surface area contributed by atoms with Crippen molar-refractivity contribution in [3.05, 3.63) is 26.3 Å². The molecule has 0 saturated heterocycles. The van der Waals surface area contributed by atoms with Crippen molar-refractivity contribution in [3.63, 3.8) is 0 Å². The van der Waals surface area contributed by atoms with Crippen LogP contribution in [0.25, 0.3) is 0 Å². The predicted molar refractivity (Wildman–Crippen MR) is 66.5 cm³/mol. The third-order valence-electron chi connectivity index (χ3n) is 2.74. The van der Waals surface area contributed by atoms with Crippen LogP contribution in [-0.2, 0) is 9.59 Å². The molecule has 116 valence electrons. The Kier molecular flexibility index (Phi) is 3.88. The second-order valence-electron chi connectivity index (χ2n) is 4.24. The van der Waals surface area contributed by atoms with Gasteiger partial charge in [-0.2, -0.15) is 0 Å². The number of hydrogen-bond acceptors (Lipinski definition) is 9. The van der Waals surface area contributed by atoms with Crippen molar-refractivity contribution in [2.45, 2.75) is 19.3 Å². The lowest BCUT2D eigenvalue weighted by molar-refractivity contribution is -0.396. The van der Waals surface area contributed by atoms with E-state index in [-0.39, 0.29) is 19.3 Å². The minimum absolute atomic E-state index is 0.0511. The summed E-state index contributed by atoms with van der Waals surface area (Å²) in [5.74, 6) is -4.70. The molecule has 1 aromatic rings. The summed E-state index contributed by atoms with van der Waals surface area (Å²) in [7, 11) is 0. The molecule has 0 fully saturated rings. The SMILES string of the molecule is O=C1CCCC(=O)Oc2c([N+](=O)[O-])c(O)cc(c2[N+](=O)[O-])O1. The van der Waals surface area contributed by atoms with E-state index in [0.717, 1.165) is 0 Å². The van der Waals surface area contributed by atoms with E-state index in [1.807, 2.05) is 0 Å². The molecule has 22 heavy (non-hydrogen) atoms. The van der Waals surface area contributed by atoms with Gasteiger partial charge in [-0.3, -0.25) is 29.8 Å². The molecule has 1 aliphatic heterocycles. The Morgan fingerprint density at radius 2 is 1.55 bits per heavy atom. The zero-order chi connectivity index (χ0) is 16.4. The number of nitro groups is 2. The molecule has 0 saturated carbocycles. The first-order valence-electron chi connectivity index (χ1n) is 5.91. The standard InChI is InChI=1S/C11H8N2O9/c14-5-4-6-10(13(19)20)11(9(5)12(17)18)22-8(16)3-1-2-7(15)21-6/h4,14H,1-3H2. The van der Waals surface area contributed by atoms with Crippen LogP contribution < -0.4 is 9.47 Å². The third kappa shape index (κ3) is 2.77. The Morgan fingerprint density at radius 1 is 1.00 bits per heavy atom. The fourth-order valence-electron chi connectivity index (χ4n) is 1.84. The Bertz CT molecular complexity index is 697. The van der Waals surface area contributed by atoms with Crippen molar-refractivity contribution in [3.8, 4) is 17.2 Å². The van der Waals surface area contributed by atoms with E-state index >= 15 is 0 Å². The predicted octanol–water partition coefficient (Wildman–Crippen LogP) is 1.20. The lowest BCUT2D eigenvalue weighted by Crippen LogP contribution is -2.16. The van der Waals surface area contributed by atoms with E-state index in [0.29, 0.717) is 6.07 Å². The van der Waals surface area contributed by atoms with Gasteiger partial charge in [0.15, 0.2) is 0 Å². The molecular weight excluding hydrogens is 304 g/mol. The molecule has 1 N–H and O–H groups in total. The van der Waals surface area contributed by atoms with E-state index in [2.05, 4.69) is 4.74 Å². The lowest BCUT2D eigenvalue weighted by Gasteiger charge is -2.12. The summed E-state index contributed by atoms with van der Waals surface area (Å²) < 4.78 is 9.38. The molecule has 2 bridgehead atoms. The Hall–Kier alpha value is -3.24. The Labute approximate surface area is 121 Å². The van der Waals surface area contributed by atoms with Crippen molar-refractivity contribution in [1.29, 1.82) is 0 Å². The van der Waals surface area contributed by atoms with Gasteiger partial charge in [0.2, 0.25) is 11.5 Å². The summed E-state index contributed by atoms with van der Waals surface area (Å²) in [6.45, 7) is 0. The number of phenolic OH excluding ortho intramolecular Hbond substituents is 1. The molecule has 0 amide bonds. The van der Waals surface area contributed by atoms with Gasteiger partial charge in [-0.25, -0.2) is 0 Å². The van der Waals surface area contributed by atoms with Crippen molar-refractivity contribution in [2.24, 2.45) is 0 Å². The number of phenols is 1. The van der Waals surface area contributed by atoms with E-state index < -0.39 is 50.4 Å². The second kappa shape index (κ2) is 5.63. The zero-order valence-electron chi connectivity index (χ0n) is 10.8. The Balaban J connectivity index is 2.78. The molecule has 1 aliphatic rings. The van der Waals surface area contributed by atoms with Crippen molar-refractivity contribution < 1.29 is 34.0 Å². The number of benzene rings is 1. The van der Waals surface area contributed by atoms with Gasteiger partial charge in [0.25, 0.3) is 5.75 Å². The fourth-order valence-corrected chi connectivity index (χ4v) is 1.84. The molecule has 0 radical (unpaired) electrons. The number of nitro benzene ring substituents is 2. The average molecular weight is 312 g/mol. The van der Waals surface area contributed by atoms with Crippen LogP contribution in [0.1, 0.15) is 19.3 Å². The van der Waals surface area contributed by atoms with Gasteiger partial charge in [0.05, 0.1) is 9.85 Å². The van der Waals surface area contributed by atoms with Crippen LogP contribution in [0, 0.1) is 20.2 Å². The molecule has 1 aromatic carbocycles. The number of nitrogens with zero attached hydrogens (tertiary/aromatic N) is 2. The summed E-state index contributed by atoms with van der Waals surface area (Å²) in [5, 5.41) is 31.7. The van der Waals surface area contributed by atoms with E-state index in [1.165, 1.54) is 0 Å². The summed E-state index contributed by atoms with van der Waals surface area (Å²) in [4.78, 5) is 42.9. The van der Waals surface area contributed by atoms with Crippen LogP contribution in [-0.4, -0.2) is 26.9 Å². The summed E-state index contributed by atoms with van der Waals surface area (Å²) >= 11 is 0. The molecule has 0 atom stereocenters. The number of carbonyl (C=O) groups is 2. The highest BCUT2D eigenvalue weighted by atomic mass is 16.6. The van der Waals surface area contributed by atoms with Crippen LogP contribution in [0.3, 0.4) is 0 Å². The van der Waals surface area contributed by atoms with Gasteiger partial charge < -0.3 is 14.6 Å². The van der Waals surface area contributed by atoms with Gasteiger partial charge >= 0.3 is 23.3 Å². The van der Waals surface area contributed by atoms with Crippen LogP contribution in [0.15, 0.2) is 6.07 Å². The number of rotatable bonds is 2. The Morgan fingerprint density at radius 3 is 2.09 bits per heavy atom. The monoisotopic (exact) mass is 312 g/mol. The molecule has 0 spiro atoms. The third-order valence-corrected chi connectivity index (χ3v) is 2.74. The molecule has 2 rings (SSSR count). The first-order valence-corrected chi connectivity index (χ1v) is 5.91. The first-order chi connectivity index (χ1) is 10.3. The van der Waals surface area contributed by atoms with Gasteiger partial charge in [0.1, 0.15) is 0 Å². The van der Waals surface area contributed by atoms with E-state index in [4.69, 9.17) is 4.74 Å². The highest BCUT2D eigenvalue weighted by molar-refractivity contribution is 5.84. The van der Waals surface area contributed by atoms with E-state index in [1.54, 1.807) is 0 Å². The summed E-state index contributed by atoms with van der Waals surface area (Å²) in [6.07, 6.45) is -0.455. The van der Waals surface area contributed by atoms with Gasteiger partial charge in [-0.15, -0.1) is 0 Å². The topological polar surface area (TPSA) is 159 Å². The number of fused-ring (bicyclic) bond motifs is 2. The quantitative estimate of drug-likeness (QED) is 0.366. The molecule has 1 heterocycles. The number of hydrogen-bond donors (Lipinski definition) is 1. The van der Waals surface area contributed by atoms with E-state index in [9.17, 15) is 34.9 Å². The highest BCUT2D eigenvalue weighted by Crippen LogP contribution is 2.49. The van der Waals surface area contributed by atoms with Crippen molar-refractivity contribution >= 4 is 23.3 Å². The lowest BCUT2D eigenvalue weighted by atomic mass is 10.2. The largest absolute Gasteiger partial charge is 0.502 e. The van der Waals surface area contributed by atoms with Crippen molar-refractivity contribution in [2.75, 3.05) is 0 Å². The maximum atomic E-state index is 11.6. The summed E-state index contributed by atoms with van der Waals surface area (Å²) in [6, 6.07) is 0.563. The van der Waals surface area contributed by atoms with Crippen LogP contribution >= 0.6 is 0 Å². The molecule has 0 unspecified atom stereocenters. The van der Waals surface area contributed by atoms with Crippen molar-refractivity contribution in [1.82, 2.24) is 0 Å². The number of esters is 2. The molecule has 11 nitrogen and oxygen atoms in total. The maximum Gasteiger partial charge on any atom is 0.361 e. The van der Waals surface area contributed by atoms with Crippen LogP contribution in [0.2, 0.25) is 0 Å². The first kappa shape index (κ1) is 15.2. The van der Waals surface area contributed by atoms with Crippen LogP contribution in [0.4, 0.5) is 11.4 Å². The van der Waals surface area contributed by atoms with Gasteiger partial charge in [-0.05, 0) is 6.42 Å². The number of ether oxygens (including phenoxy) is 2. The van der Waals surface area contributed by atoms with Gasteiger partial charge in [-0.1, -0.05) is 0 Å². The number of carbonyl (C=O) groups excluding carboxylic acids is 2. The highest BCUT2D eigenvalue weighted by Gasteiger charge is 2.38. The minimum Gasteiger partial charge on any atom is -0.502 e. The number of aromatic hydroxyl groups is 1. The molecule has 11 heteroatoms. The normalized spacial score (nSPS) is 14.7. The van der Waals surface area contributed by atoms with Gasteiger partial charge in [0, 0.05) is 18.9 Å².